The predicted octanol–water partition coefficient (Wildman–Crippen LogP) is 2.72. The summed E-state index contributed by atoms with van der Waals surface area (Å²) in [5.74, 6) is 0.459. The molecule has 0 heterocycles. The van der Waals surface area contributed by atoms with E-state index < -0.39 is 0 Å². The van der Waals surface area contributed by atoms with Crippen LogP contribution in [0, 0.1) is 0 Å². The van der Waals surface area contributed by atoms with Gasteiger partial charge in [-0.05, 0) is 42.0 Å². The Bertz CT molecular complexity index is 679. The van der Waals surface area contributed by atoms with E-state index in [1.54, 1.807) is 12.1 Å². The van der Waals surface area contributed by atoms with E-state index in [0.717, 1.165) is 5.56 Å². The highest BCUT2D eigenvalue weighted by Crippen LogP contribution is 2.12. The molecular weight excluding hydrogens is 280 g/mol. The first-order valence-corrected chi connectivity index (χ1v) is 6.65. The molecule has 0 aliphatic heterocycles. The third kappa shape index (κ3) is 4.49. The van der Waals surface area contributed by atoms with E-state index in [0.29, 0.717) is 17.9 Å². The molecule has 5 heteroatoms. The van der Waals surface area contributed by atoms with Crippen LogP contribution < -0.4 is 10.2 Å². The van der Waals surface area contributed by atoms with Gasteiger partial charge in [0.25, 0.3) is 5.91 Å². The summed E-state index contributed by atoms with van der Waals surface area (Å²) in [5.41, 5.74) is 3.63. The molecule has 0 saturated carbocycles. The van der Waals surface area contributed by atoms with Crippen molar-refractivity contribution in [1.82, 2.24) is 5.43 Å². The van der Waals surface area contributed by atoms with Gasteiger partial charge in [0.2, 0.25) is 0 Å². The largest absolute Gasteiger partial charge is 0.508 e. The van der Waals surface area contributed by atoms with Crippen molar-refractivity contribution in [3.63, 3.8) is 0 Å². The fourth-order valence-electron chi connectivity index (χ4n) is 1.68. The van der Waals surface area contributed by atoms with E-state index in [2.05, 4.69) is 17.1 Å². The van der Waals surface area contributed by atoms with Crippen LogP contribution in [0.2, 0.25) is 0 Å². The van der Waals surface area contributed by atoms with Gasteiger partial charge in [-0.15, -0.1) is 0 Å². The number of carbonyl (C=O) groups excluding carboxylic acids is 1. The molecule has 0 aromatic heterocycles. The Morgan fingerprint density at radius 3 is 2.77 bits per heavy atom. The van der Waals surface area contributed by atoms with Crippen molar-refractivity contribution in [3.05, 3.63) is 72.3 Å². The van der Waals surface area contributed by atoms with Gasteiger partial charge in [-0.1, -0.05) is 24.8 Å². The van der Waals surface area contributed by atoms with Crippen molar-refractivity contribution in [1.29, 1.82) is 0 Å². The molecule has 112 valence electrons. The molecule has 0 aliphatic rings. The third-order valence-corrected chi connectivity index (χ3v) is 2.74. The van der Waals surface area contributed by atoms with E-state index in [9.17, 15) is 9.90 Å². The minimum absolute atomic E-state index is 0.108. The zero-order chi connectivity index (χ0) is 15.8. The molecule has 0 saturated heterocycles. The molecule has 0 unspecified atom stereocenters. The number of amides is 1. The molecular formula is C17H16N2O3. The number of carbonyl (C=O) groups is 1. The highest BCUT2D eigenvalue weighted by atomic mass is 16.5. The number of phenolic OH excluding ortho intramolecular Hbond substituents is 1. The molecule has 1 amide bonds. The Kier molecular flexibility index (Phi) is 5.31. The molecule has 0 atom stereocenters. The van der Waals surface area contributed by atoms with Crippen molar-refractivity contribution in [2.75, 3.05) is 6.61 Å². The lowest BCUT2D eigenvalue weighted by molar-refractivity contribution is 0.0955. The molecule has 2 aromatic rings. The number of nitrogens with zero attached hydrogens (tertiary/aromatic N) is 1. The van der Waals surface area contributed by atoms with Crippen molar-refractivity contribution in [3.8, 4) is 11.5 Å². The molecule has 2 rings (SSSR count). The summed E-state index contributed by atoms with van der Waals surface area (Å²) in [6, 6.07) is 13.2. The van der Waals surface area contributed by atoms with Gasteiger partial charge >= 0.3 is 0 Å². The van der Waals surface area contributed by atoms with Crippen LogP contribution >= 0.6 is 0 Å². The summed E-state index contributed by atoms with van der Waals surface area (Å²) in [6.07, 6.45) is 3.19. The van der Waals surface area contributed by atoms with Crippen LogP contribution in [0.15, 0.2) is 66.3 Å². The highest BCUT2D eigenvalue weighted by Gasteiger charge is 2.03. The molecule has 2 aromatic carbocycles. The lowest BCUT2D eigenvalue weighted by Crippen LogP contribution is -2.17. The number of ether oxygens (including phenoxy) is 1. The van der Waals surface area contributed by atoms with Gasteiger partial charge in [0.05, 0.1) is 6.21 Å². The highest BCUT2D eigenvalue weighted by molar-refractivity contribution is 5.95. The summed E-state index contributed by atoms with van der Waals surface area (Å²) in [5, 5.41) is 13.1. The molecule has 0 aliphatic carbocycles. The van der Waals surface area contributed by atoms with Crippen molar-refractivity contribution in [2.45, 2.75) is 0 Å². The first-order valence-electron chi connectivity index (χ1n) is 6.65. The van der Waals surface area contributed by atoms with Crippen LogP contribution in [0.3, 0.4) is 0 Å². The standard InChI is InChI=1S/C17H16N2O3/c1-2-10-22-16-5-3-4-13(11-16)12-18-19-17(21)14-6-8-15(20)9-7-14/h2-9,11-12,20H,1,10H2,(H,19,21)/b18-12-. The fraction of sp³-hybridized carbons (Fsp3) is 0.0588. The molecule has 2 N–H and O–H groups in total. The van der Waals surface area contributed by atoms with Gasteiger partial charge in [0.1, 0.15) is 18.1 Å². The minimum Gasteiger partial charge on any atom is -0.508 e. The van der Waals surface area contributed by atoms with Crippen LogP contribution in [0.1, 0.15) is 15.9 Å². The zero-order valence-electron chi connectivity index (χ0n) is 11.9. The Balaban J connectivity index is 1.95. The molecule has 0 bridgehead atoms. The molecule has 22 heavy (non-hydrogen) atoms. The number of benzene rings is 2. The van der Waals surface area contributed by atoms with Gasteiger partial charge in [-0.2, -0.15) is 5.10 Å². The van der Waals surface area contributed by atoms with Gasteiger partial charge in [-0.25, -0.2) is 5.43 Å². The van der Waals surface area contributed by atoms with Crippen LogP contribution in [0.4, 0.5) is 0 Å². The summed E-state index contributed by atoms with van der Waals surface area (Å²) in [7, 11) is 0. The number of hydrogen-bond donors (Lipinski definition) is 2. The van der Waals surface area contributed by atoms with E-state index in [1.807, 2.05) is 18.2 Å². The lowest BCUT2D eigenvalue weighted by atomic mass is 10.2. The van der Waals surface area contributed by atoms with Crippen LogP contribution in [-0.4, -0.2) is 23.8 Å². The van der Waals surface area contributed by atoms with Gasteiger partial charge in [-0.3, -0.25) is 4.79 Å². The zero-order valence-corrected chi connectivity index (χ0v) is 11.9. The number of hydrogen-bond acceptors (Lipinski definition) is 4. The van der Waals surface area contributed by atoms with Crippen LogP contribution in [-0.2, 0) is 0 Å². The monoisotopic (exact) mass is 296 g/mol. The average Bonchev–Trinajstić information content (AvgIpc) is 2.54. The van der Waals surface area contributed by atoms with Crippen molar-refractivity contribution >= 4 is 12.1 Å². The summed E-state index contributed by atoms with van der Waals surface area (Å²) in [6.45, 7) is 4.02. The molecule has 5 nitrogen and oxygen atoms in total. The fourth-order valence-corrected chi connectivity index (χ4v) is 1.68. The summed E-state index contributed by atoms with van der Waals surface area (Å²) >= 11 is 0. The third-order valence-electron chi connectivity index (χ3n) is 2.74. The number of hydrazone groups is 1. The smallest absolute Gasteiger partial charge is 0.271 e. The Morgan fingerprint density at radius 2 is 2.05 bits per heavy atom. The molecule has 0 spiro atoms. The number of rotatable bonds is 6. The average molecular weight is 296 g/mol. The second kappa shape index (κ2) is 7.64. The summed E-state index contributed by atoms with van der Waals surface area (Å²) < 4.78 is 5.41. The van der Waals surface area contributed by atoms with E-state index >= 15 is 0 Å². The van der Waals surface area contributed by atoms with E-state index in [4.69, 9.17) is 4.74 Å². The predicted molar refractivity (Wildman–Crippen MR) is 85.3 cm³/mol. The van der Waals surface area contributed by atoms with Gasteiger partial charge < -0.3 is 9.84 Å². The van der Waals surface area contributed by atoms with E-state index in [-0.39, 0.29) is 11.7 Å². The maximum absolute atomic E-state index is 11.8. The molecule has 0 radical (unpaired) electrons. The maximum atomic E-state index is 11.8. The van der Waals surface area contributed by atoms with Crippen LogP contribution in [0.5, 0.6) is 11.5 Å². The van der Waals surface area contributed by atoms with Crippen molar-refractivity contribution < 1.29 is 14.6 Å². The van der Waals surface area contributed by atoms with Gasteiger partial charge in [0.15, 0.2) is 0 Å². The van der Waals surface area contributed by atoms with Gasteiger partial charge in [0, 0.05) is 5.56 Å². The Labute approximate surface area is 128 Å². The number of nitrogens with one attached hydrogen (secondary N) is 1. The second-order valence-electron chi connectivity index (χ2n) is 4.42. The topological polar surface area (TPSA) is 70.9 Å². The Morgan fingerprint density at radius 1 is 1.27 bits per heavy atom. The Hall–Kier alpha value is -3.08. The first-order chi connectivity index (χ1) is 10.7. The van der Waals surface area contributed by atoms with Crippen molar-refractivity contribution in [2.24, 2.45) is 5.10 Å². The summed E-state index contributed by atoms with van der Waals surface area (Å²) in [4.78, 5) is 11.8. The SMILES string of the molecule is C=CCOc1cccc(/C=N\NC(=O)c2ccc(O)cc2)c1. The number of aromatic hydroxyl groups is 1. The quantitative estimate of drug-likeness (QED) is 0.489. The lowest BCUT2D eigenvalue weighted by Gasteiger charge is -2.03. The first kappa shape index (κ1) is 15.3. The number of phenols is 1. The van der Waals surface area contributed by atoms with Crippen LogP contribution in [0.25, 0.3) is 0 Å². The minimum atomic E-state index is -0.352. The van der Waals surface area contributed by atoms with E-state index in [1.165, 1.54) is 30.5 Å². The molecule has 0 fully saturated rings. The second-order valence-corrected chi connectivity index (χ2v) is 4.42. The maximum Gasteiger partial charge on any atom is 0.271 e. The normalized spacial score (nSPS) is 10.4.